The number of fused-ring (bicyclic) bond motifs is 1. The highest BCUT2D eigenvalue weighted by Gasteiger charge is 2.49. The maximum Gasteiger partial charge on any atom is 0.321 e. The lowest BCUT2D eigenvalue weighted by Crippen LogP contribution is -2.36. The number of aliphatic hydroxyl groups is 1. The number of nitrogens with one attached hydrogen (secondary N) is 1. The number of benzene rings is 2. The molecular formula is C22H23N3O2. The molecule has 2 amide bonds. The summed E-state index contributed by atoms with van der Waals surface area (Å²) in [6.45, 7) is 1.34. The zero-order valence-corrected chi connectivity index (χ0v) is 15.1. The predicted octanol–water partition coefficient (Wildman–Crippen LogP) is 3.41. The molecule has 5 nitrogen and oxygen atoms in total. The fourth-order valence-electron chi connectivity index (χ4n) is 4.62. The second-order valence-corrected chi connectivity index (χ2v) is 7.84. The molecule has 2 aromatic rings. The van der Waals surface area contributed by atoms with Crippen molar-refractivity contribution in [2.75, 3.05) is 18.4 Å². The third-order valence-corrected chi connectivity index (χ3v) is 5.77. The molecule has 138 valence electrons. The molecule has 1 saturated carbocycles. The van der Waals surface area contributed by atoms with E-state index in [1.807, 2.05) is 23.1 Å². The van der Waals surface area contributed by atoms with Crippen LogP contribution in [0.4, 0.5) is 10.5 Å². The van der Waals surface area contributed by atoms with Crippen molar-refractivity contribution in [2.24, 2.45) is 11.8 Å². The van der Waals surface area contributed by atoms with Crippen LogP contribution >= 0.6 is 0 Å². The lowest BCUT2D eigenvalue weighted by molar-refractivity contribution is 0.0368. The van der Waals surface area contributed by atoms with E-state index < -0.39 is 5.60 Å². The van der Waals surface area contributed by atoms with Gasteiger partial charge in [0.25, 0.3) is 0 Å². The number of nitrogens with zero attached hydrogens (tertiary/aromatic N) is 2. The summed E-state index contributed by atoms with van der Waals surface area (Å²) >= 11 is 0. The van der Waals surface area contributed by atoms with Crippen LogP contribution in [0.2, 0.25) is 0 Å². The Hall–Kier alpha value is -2.84. The fraction of sp³-hybridized carbons (Fsp3) is 0.364. The first-order chi connectivity index (χ1) is 13.0. The Labute approximate surface area is 159 Å². The van der Waals surface area contributed by atoms with Crippen LogP contribution in [0.5, 0.6) is 0 Å². The molecule has 3 atom stereocenters. The second kappa shape index (κ2) is 7.05. The van der Waals surface area contributed by atoms with Gasteiger partial charge in [-0.15, -0.1) is 0 Å². The summed E-state index contributed by atoms with van der Waals surface area (Å²) in [4.78, 5) is 14.4. The Morgan fingerprint density at radius 1 is 1.15 bits per heavy atom. The summed E-state index contributed by atoms with van der Waals surface area (Å²) in [5.41, 5.74) is 1.65. The fourth-order valence-corrected chi connectivity index (χ4v) is 4.62. The number of amides is 2. The van der Waals surface area contributed by atoms with Crippen LogP contribution in [0.25, 0.3) is 0 Å². The lowest BCUT2D eigenvalue weighted by Gasteiger charge is -2.26. The van der Waals surface area contributed by atoms with Gasteiger partial charge in [-0.2, -0.15) is 5.26 Å². The third-order valence-electron chi connectivity index (χ3n) is 5.77. The average molecular weight is 361 g/mol. The highest BCUT2D eigenvalue weighted by molar-refractivity contribution is 5.89. The summed E-state index contributed by atoms with van der Waals surface area (Å²) in [7, 11) is 0. The molecule has 2 aromatic carbocycles. The van der Waals surface area contributed by atoms with Gasteiger partial charge in [0.1, 0.15) is 0 Å². The number of carbonyl (C=O) groups excluding carboxylic acids is 1. The number of anilines is 1. The normalized spacial score (nSPS) is 26.4. The molecule has 5 heteroatoms. The summed E-state index contributed by atoms with van der Waals surface area (Å²) < 4.78 is 0. The number of nitriles is 1. The number of rotatable bonds is 3. The van der Waals surface area contributed by atoms with Crippen molar-refractivity contribution in [3.63, 3.8) is 0 Å². The zero-order chi connectivity index (χ0) is 18.9. The van der Waals surface area contributed by atoms with E-state index in [4.69, 9.17) is 5.26 Å². The second-order valence-electron chi connectivity index (χ2n) is 7.84. The number of hydrogen-bond donors (Lipinski definition) is 2. The quantitative estimate of drug-likeness (QED) is 0.880. The summed E-state index contributed by atoms with van der Waals surface area (Å²) in [5.74, 6) is 0.685. The molecule has 2 N–H and O–H groups in total. The van der Waals surface area contributed by atoms with Crippen LogP contribution in [0.1, 0.15) is 24.0 Å². The van der Waals surface area contributed by atoms with E-state index in [-0.39, 0.29) is 6.03 Å². The molecule has 1 aliphatic carbocycles. The van der Waals surface area contributed by atoms with Gasteiger partial charge in [0.15, 0.2) is 0 Å². The van der Waals surface area contributed by atoms with Gasteiger partial charge in [-0.3, -0.25) is 0 Å². The molecule has 0 bridgehead atoms. The first-order valence-corrected chi connectivity index (χ1v) is 9.37. The molecule has 27 heavy (non-hydrogen) atoms. The molecule has 0 radical (unpaired) electrons. The Kier molecular flexibility index (Phi) is 4.59. The van der Waals surface area contributed by atoms with E-state index in [1.54, 1.807) is 24.3 Å². The smallest absolute Gasteiger partial charge is 0.321 e. The van der Waals surface area contributed by atoms with Crippen molar-refractivity contribution in [3.05, 3.63) is 65.7 Å². The average Bonchev–Trinajstić information content (AvgIpc) is 3.17. The summed E-state index contributed by atoms with van der Waals surface area (Å²) in [5, 5.41) is 22.9. The summed E-state index contributed by atoms with van der Waals surface area (Å²) in [6, 6.07) is 19.0. The van der Waals surface area contributed by atoms with E-state index in [1.165, 1.54) is 0 Å². The first-order valence-electron chi connectivity index (χ1n) is 9.37. The molecule has 1 saturated heterocycles. The van der Waals surface area contributed by atoms with Crippen molar-refractivity contribution >= 4 is 11.7 Å². The molecule has 4 rings (SSSR count). The number of carbonyl (C=O) groups is 1. The topological polar surface area (TPSA) is 76.4 Å². The van der Waals surface area contributed by atoms with Crippen LogP contribution in [-0.2, 0) is 6.42 Å². The molecule has 2 aliphatic rings. The third kappa shape index (κ3) is 3.81. The minimum atomic E-state index is -0.666. The Bertz CT molecular complexity index is 861. The Morgan fingerprint density at radius 2 is 1.85 bits per heavy atom. The molecular weight excluding hydrogens is 338 g/mol. The van der Waals surface area contributed by atoms with E-state index in [0.717, 1.165) is 18.4 Å². The van der Waals surface area contributed by atoms with Crippen LogP contribution in [0, 0.1) is 23.2 Å². The van der Waals surface area contributed by atoms with Crippen molar-refractivity contribution in [1.82, 2.24) is 4.90 Å². The SMILES string of the molecule is N#Cc1cccc(NC(=O)N2C[C@@H]3CC(O)(Cc4ccccc4)C[C@@H]3C2)c1. The van der Waals surface area contributed by atoms with Gasteiger partial charge in [0, 0.05) is 25.2 Å². The molecule has 0 spiro atoms. The van der Waals surface area contributed by atoms with Gasteiger partial charge in [-0.1, -0.05) is 36.4 Å². The maximum atomic E-state index is 12.6. The number of likely N-dealkylation sites (tertiary alicyclic amines) is 1. The van der Waals surface area contributed by atoms with E-state index in [2.05, 4.69) is 23.5 Å². The van der Waals surface area contributed by atoms with Gasteiger partial charge in [0.2, 0.25) is 0 Å². The Balaban J connectivity index is 1.35. The van der Waals surface area contributed by atoms with Crippen molar-refractivity contribution in [1.29, 1.82) is 5.26 Å². The maximum absolute atomic E-state index is 12.6. The van der Waals surface area contributed by atoms with Gasteiger partial charge < -0.3 is 15.3 Å². The minimum absolute atomic E-state index is 0.133. The highest BCUT2D eigenvalue weighted by atomic mass is 16.3. The van der Waals surface area contributed by atoms with Crippen LogP contribution < -0.4 is 5.32 Å². The zero-order valence-electron chi connectivity index (χ0n) is 15.1. The van der Waals surface area contributed by atoms with Crippen LogP contribution in [0.3, 0.4) is 0 Å². The summed E-state index contributed by atoms with van der Waals surface area (Å²) in [6.07, 6.45) is 2.15. The van der Waals surface area contributed by atoms with Gasteiger partial charge >= 0.3 is 6.03 Å². The molecule has 1 unspecified atom stereocenters. The molecule has 1 aliphatic heterocycles. The molecule has 0 aromatic heterocycles. The van der Waals surface area contributed by atoms with E-state index in [9.17, 15) is 9.90 Å². The Morgan fingerprint density at radius 3 is 2.52 bits per heavy atom. The highest BCUT2D eigenvalue weighted by Crippen LogP contribution is 2.45. The van der Waals surface area contributed by atoms with E-state index in [0.29, 0.717) is 42.6 Å². The van der Waals surface area contributed by atoms with Crippen molar-refractivity contribution < 1.29 is 9.90 Å². The van der Waals surface area contributed by atoms with Crippen molar-refractivity contribution in [2.45, 2.75) is 24.9 Å². The van der Waals surface area contributed by atoms with Crippen LogP contribution in [-0.4, -0.2) is 34.7 Å². The van der Waals surface area contributed by atoms with Crippen molar-refractivity contribution in [3.8, 4) is 6.07 Å². The van der Waals surface area contributed by atoms with E-state index >= 15 is 0 Å². The largest absolute Gasteiger partial charge is 0.390 e. The van der Waals surface area contributed by atoms with Crippen LogP contribution in [0.15, 0.2) is 54.6 Å². The van der Waals surface area contributed by atoms with Gasteiger partial charge in [0.05, 0.1) is 17.2 Å². The number of hydrogen-bond acceptors (Lipinski definition) is 3. The lowest BCUT2D eigenvalue weighted by atomic mass is 9.91. The predicted molar refractivity (Wildman–Crippen MR) is 103 cm³/mol. The van der Waals surface area contributed by atoms with Gasteiger partial charge in [-0.25, -0.2) is 4.79 Å². The number of urea groups is 1. The minimum Gasteiger partial charge on any atom is -0.390 e. The standard InChI is InChI=1S/C22H23N3O2/c23-13-17-7-4-8-20(9-17)24-21(26)25-14-18-11-22(27,12-19(18)15-25)10-16-5-2-1-3-6-16/h1-9,18-19,27H,10-12,14-15H2,(H,24,26)/t18-,19+,22?. The monoisotopic (exact) mass is 361 g/mol. The van der Waals surface area contributed by atoms with Gasteiger partial charge in [-0.05, 0) is 48.4 Å². The first kappa shape index (κ1) is 17.6. The molecule has 1 heterocycles. The molecule has 2 fully saturated rings.